The predicted molar refractivity (Wildman–Crippen MR) is 139 cm³/mol. The summed E-state index contributed by atoms with van der Waals surface area (Å²) in [7, 11) is 1.57. The molecule has 0 spiro atoms. The molecule has 5 rings (SSSR count). The molecule has 0 amide bonds. The molecular formula is C27H21BrCl2F3NO2. The van der Waals surface area contributed by atoms with Gasteiger partial charge in [0.1, 0.15) is 6.61 Å². The van der Waals surface area contributed by atoms with Gasteiger partial charge in [-0.2, -0.15) is 13.2 Å². The van der Waals surface area contributed by atoms with E-state index in [1.54, 1.807) is 25.3 Å². The van der Waals surface area contributed by atoms with Crippen LogP contribution in [0.3, 0.4) is 0 Å². The molecule has 1 aliphatic carbocycles. The van der Waals surface area contributed by atoms with Crippen molar-refractivity contribution in [3.63, 3.8) is 0 Å². The van der Waals surface area contributed by atoms with Crippen LogP contribution in [-0.2, 0) is 12.8 Å². The largest absolute Gasteiger partial charge is 0.493 e. The molecule has 188 valence electrons. The molecule has 0 aromatic heterocycles. The number of methoxy groups -OCH3 is 1. The van der Waals surface area contributed by atoms with E-state index in [9.17, 15) is 13.2 Å². The SMILES string of the molecule is COc1cc(C2Nc3ccc(C(F)(F)F)cc3C3C=CCC32)cc(Br)c1OCc1ccc(Cl)cc1Cl. The Balaban J connectivity index is 1.45. The number of nitrogens with one attached hydrogen (secondary N) is 1. The minimum atomic E-state index is -4.38. The summed E-state index contributed by atoms with van der Waals surface area (Å²) < 4.78 is 52.4. The van der Waals surface area contributed by atoms with E-state index >= 15 is 0 Å². The molecule has 3 aromatic carbocycles. The Morgan fingerprint density at radius 2 is 1.89 bits per heavy atom. The van der Waals surface area contributed by atoms with Gasteiger partial charge < -0.3 is 14.8 Å². The van der Waals surface area contributed by atoms with Gasteiger partial charge in [-0.15, -0.1) is 0 Å². The minimum absolute atomic E-state index is 0.0669. The summed E-state index contributed by atoms with van der Waals surface area (Å²) in [5, 5.41) is 4.53. The fraction of sp³-hybridized carbons (Fsp3) is 0.259. The van der Waals surface area contributed by atoms with Gasteiger partial charge in [-0.1, -0.05) is 41.4 Å². The highest BCUT2D eigenvalue weighted by Gasteiger charge is 2.40. The molecule has 3 aromatic rings. The molecule has 0 radical (unpaired) electrons. The van der Waals surface area contributed by atoms with Crippen molar-refractivity contribution in [3.8, 4) is 11.5 Å². The topological polar surface area (TPSA) is 30.5 Å². The molecule has 1 N–H and O–H groups in total. The van der Waals surface area contributed by atoms with Crippen molar-refractivity contribution >= 4 is 44.8 Å². The number of halogens is 6. The molecule has 0 fully saturated rings. The van der Waals surface area contributed by atoms with E-state index in [2.05, 4.69) is 21.2 Å². The minimum Gasteiger partial charge on any atom is -0.493 e. The summed E-state index contributed by atoms with van der Waals surface area (Å²) in [6.45, 7) is 0.218. The van der Waals surface area contributed by atoms with Gasteiger partial charge in [0.15, 0.2) is 11.5 Å². The molecule has 1 aliphatic heterocycles. The highest BCUT2D eigenvalue weighted by atomic mass is 79.9. The molecular weight excluding hydrogens is 578 g/mol. The summed E-state index contributed by atoms with van der Waals surface area (Å²) in [5.74, 6) is 1.02. The lowest BCUT2D eigenvalue weighted by Gasteiger charge is -2.38. The van der Waals surface area contributed by atoms with Gasteiger partial charge in [0, 0.05) is 27.2 Å². The summed E-state index contributed by atoms with van der Waals surface area (Å²) in [6.07, 6.45) is 0.426. The van der Waals surface area contributed by atoms with Crippen molar-refractivity contribution in [2.75, 3.05) is 12.4 Å². The van der Waals surface area contributed by atoms with E-state index in [-0.39, 0.29) is 24.5 Å². The van der Waals surface area contributed by atoms with E-state index in [0.29, 0.717) is 37.3 Å². The Morgan fingerprint density at radius 3 is 2.61 bits per heavy atom. The third-order valence-electron chi connectivity index (χ3n) is 6.69. The molecule has 0 saturated carbocycles. The lowest BCUT2D eigenvalue weighted by Crippen LogP contribution is -2.29. The Hall–Kier alpha value is -2.35. The van der Waals surface area contributed by atoms with E-state index in [0.717, 1.165) is 23.6 Å². The van der Waals surface area contributed by atoms with Crippen LogP contribution < -0.4 is 14.8 Å². The quantitative estimate of drug-likeness (QED) is 0.297. The average Bonchev–Trinajstić information content (AvgIpc) is 3.33. The molecule has 0 saturated heterocycles. The average molecular weight is 599 g/mol. The lowest BCUT2D eigenvalue weighted by atomic mass is 9.76. The van der Waals surface area contributed by atoms with Gasteiger partial charge in [-0.05, 0) is 81.9 Å². The number of hydrogen-bond donors (Lipinski definition) is 1. The van der Waals surface area contributed by atoms with Gasteiger partial charge in [0.25, 0.3) is 0 Å². The maximum Gasteiger partial charge on any atom is 0.416 e. The van der Waals surface area contributed by atoms with Crippen LogP contribution in [0.1, 0.15) is 40.6 Å². The van der Waals surface area contributed by atoms with Crippen LogP contribution in [0, 0.1) is 5.92 Å². The zero-order valence-corrected chi connectivity index (χ0v) is 22.1. The van der Waals surface area contributed by atoms with E-state index < -0.39 is 11.7 Å². The van der Waals surface area contributed by atoms with Crippen molar-refractivity contribution < 1.29 is 22.6 Å². The van der Waals surface area contributed by atoms with E-state index in [4.69, 9.17) is 32.7 Å². The summed E-state index contributed by atoms with van der Waals surface area (Å²) in [4.78, 5) is 0. The molecule has 1 heterocycles. The van der Waals surface area contributed by atoms with Crippen LogP contribution in [0.15, 0.2) is 65.2 Å². The Morgan fingerprint density at radius 1 is 1.08 bits per heavy atom. The maximum absolute atomic E-state index is 13.3. The number of allylic oxidation sites excluding steroid dienone is 2. The first-order chi connectivity index (χ1) is 17.2. The predicted octanol–water partition coefficient (Wildman–Crippen LogP) is 9.19. The zero-order valence-electron chi connectivity index (χ0n) is 19.0. The number of benzene rings is 3. The number of ether oxygens (including phenoxy) is 2. The summed E-state index contributed by atoms with van der Waals surface area (Å²) >= 11 is 15.9. The van der Waals surface area contributed by atoms with Crippen molar-refractivity contribution in [1.82, 2.24) is 0 Å². The molecule has 9 heteroatoms. The first-order valence-corrected chi connectivity index (χ1v) is 12.8. The van der Waals surface area contributed by atoms with Gasteiger partial charge in [0.2, 0.25) is 0 Å². The van der Waals surface area contributed by atoms with Crippen molar-refractivity contribution in [2.45, 2.75) is 31.2 Å². The first-order valence-electron chi connectivity index (χ1n) is 11.2. The summed E-state index contributed by atoms with van der Waals surface area (Å²) in [5.41, 5.74) is 2.47. The zero-order chi connectivity index (χ0) is 25.6. The van der Waals surface area contributed by atoms with Crippen molar-refractivity contribution in [1.29, 1.82) is 0 Å². The fourth-order valence-electron chi connectivity index (χ4n) is 4.95. The number of anilines is 1. The van der Waals surface area contributed by atoms with E-state index in [1.165, 1.54) is 12.1 Å². The highest BCUT2D eigenvalue weighted by Crippen LogP contribution is 2.52. The van der Waals surface area contributed by atoms with Crippen molar-refractivity contribution in [3.05, 3.63) is 97.5 Å². The fourth-order valence-corrected chi connectivity index (χ4v) is 5.99. The Labute approximate surface area is 225 Å². The summed E-state index contributed by atoms with van der Waals surface area (Å²) in [6, 6.07) is 12.9. The molecule has 36 heavy (non-hydrogen) atoms. The van der Waals surface area contributed by atoms with Gasteiger partial charge in [-0.25, -0.2) is 0 Å². The normalized spacial score (nSPS) is 20.5. The number of fused-ring (bicyclic) bond motifs is 3. The van der Waals surface area contributed by atoms with Crippen LogP contribution in [0.4, 0.5) is 18.9 Å². The number of rotatable bonds is 5. The maximum atomic E-state index is 13.3. The number of alkyl halides is 3. The highest BCUT2D eigenvalue weighted by molar-refractivity contribution is 9.10. The van der Waals surface area contributed by atoms with Gasteiger partial charge in [-0.3, -0.25) is 0 Å². The molecule has 3 atom stereocenters. The second-order valence-electron chi connectivity index (χ2n) is 8.83. The van der Waals surface area contributed by atoms with Crippen molar-refractivity contribution in [2.24, 2.45) is 5.92 Å². The van der Waals surface area contributed by atoms with Crippen LogP contribution in [-0.4, -0.2) is 7.11 Å². The third-order valence-corrected chi connectivity index (χ3v) is 7.86. The lowest BCUT2D eigenvalue weighted by molar-refractivity contribution is -0.137. The molecule has 0 bridgehead atoms. The first kappa shape index (κ1) is 25.3. The second-order valence-corrected chi connectivity index (χ2v) is 10.5. The standard InChI is InChI=1S/C27H21BrCl2F3NO2/c1-35-24-10-15(9-21(28)26(24)36-13-14-5-7-17(29)12-22(14)30)25-19-4-2-3-18(19)20-11-16(27(31,32)33)6-8-23(20)34-25/h2-3,5-12,18-19,25,34H,4,13H2,1H3. The van der Waals surface area contributed by atoms with Crippen LogP contribution in [0.25, 0.3) is 0 Å². The molecule has 2 aliphatic rings. The van der Waals surface area contributed by atoms with E-state index in [1.807, 2.05) is 24.3 Å². The smallest absolute Gasteiger partial charge is 0.416 e. The monoisotopic (exact) mass is 597 g/mol. The van der Waals surface area contributed by atoms with Gasteiger partial charge in [0.05, 0.1) is 23.2 Å². The van der Waals surface area contributed by atoms with Crippen LogP contribution in [0.5, 0.6) is 11.5 Å². The third kappa shape index (κ3) is 4.81. The van der Waals surface area contributed by atoms with Crippen LogP contribution in [0.2, 0.25) is 10.0 Å². The molecule has 3 nitrogen and oxygen atoms in total. The van der Waals surface area contributed by atoms with Crippen LogP contribution >= 0.6 is 39.1 Å². The number of hydrogen-bond acceptors (Lipinski definition) is 3. The Bertz CT molecular complexity index is 1350. The second kappa shape index (κ2) is 9.84. The molecule has 3 unspecified atom stereocenters. The van der Waals surface area contributed by atoms with Gasteiger partial charge >= 0.3 is 6.18 Å². The Kier molecular flexibility index (Phi) is 6.92.